The van der Waals surface area contributed by atoms with Crippen LogP contribution in [-0.4, -0.2) is 72.3 Å². The molecule has 158 valence electrons. The van der Waals surface area contributed by atoms with Crippen molar-refractivity contribution in [3.05, 3.63) is 0 Å². The molecular weight excluding hydrogens is 370 g/mol. The molecular formula is C18H31N11. The fourth-order valence-corrected chi connectivity index (χ4v) is 4.26. The predicted molar refractivity (Wildman–Crippen MR) is 110 cm³/mol. The fourth-order valence-electron chi connectivity index (χ4n) is 4.26. The van der Waals surface area contributed by atoms with Gasteiger partial charge in [-0.1, -0.05) is 0 Å². The third-order valence-corrected chi connectivity index (χ3v) is 6.28. The first-order valence-corrected chi connectivity index (χ1v) is 10.7. The molecule has 29 heavy (non-hydrogen) atoms. The Kier molecular flexibility index (Phi) is 6.12. The summed E-state index contributed by atoms with van der Waals surface area (Å²) in [6.07, 6.45) is 5.32. The molecule has 11 heteroatoms. The molecule has 1 aromatic heterocycles. The highest BCUT2D eigenvalue weighted by Gasteiger charge is 2.27. The van der Waals surface area contributed by atoms with E-state index in [9.17, 15) is 0 Å². The zero-order valence-corrected chi connectivity index (χ0v) is 16.9. The third-order valence-electron chi connectivity index (χ3n) is 6.28. The van der Waals surface area contributed by atoms with Crippen LogP contribution in [0.5, 0.6) is 0 Å². The van der Waals surface area contributed by atoms with Crippen LogP contribution in [0.4, 0.5) is 17.8 Å². The molecule has 0 saturated carbocycles. The van der Waals surface area contributed by atoms with Gasteiger partial charge in [0.05, 0.1) is 12.1 Å². The predicted octanol–water partition coefficient (Wildman–Crippen LogP) is 1.80. The number of anilines is 3. The van der Waals surface area contributed by atoms with E-state index in [0.29, 0.717) is 0 Å². The minimum Gasteiger partial charge on any atom is -0.341 e. The maximum atomic E-state index is 7.27. The molecule has 1 aromatic rings. The Morgan fingerprint density at radius 1 is 0.621 bits per heavy atom. The van der Waals surface area contributed by atoms with Gasteiger partial charge in [0.15, 0.2) is 0 Å². The minimum absolute atomic E-state index is 0.114. The molecule has 0 aromatic carbocycles. The number of nitrogens with one attached hydrogen (secondary N) is 2. The number of hydrogen-bond acceptors (Lipinski definition) is 11. The molecule has 0 unspecified atom stereocenters. The molecule has 0 amide bonds. The van der Waals surface area contributed by atoms with Gasteiger partial charge in [-0.3, -0.25) is 0 Å². The lowest BCUT2D eigenvalue weighted by molar-refractivity contribution is 0.467. The molecule has 3 saturated heterocycles. The van der Waals surface area contributed by atoms with Crippen LogP contribution in [0.15, 0.2) is 10.2 Å². The maximum absolute atomic E-state index is 7.27. The molecule has 3 fully saturated rings. The van der Waals surface area contributed by atoms with Crippen molar-refractivity contribution in [2.45, 2.75) is 56.7 Å². The van der Waals surface area contributed by atoms with E-state index >= 15 is 0 Å². The smallest absolute Gasteiger partial charge is 0.231 e. The first-order chi connectivity index (χ1) is 14.2. The lowest BCUT2D eigenvalue weighted by Crippen LogP contribution is -2.42. The Morgan fingerprint density at radius 3 is 1.24 bits per heavy atom. The molecule has 0 aliphatic carbocycles. The van der Waals surface area contributed by atoms with Gasteiger partial charge in [0.1, 0.15) is 0 Å². The minimum atomic E-state index is 0.114. The van der Waals surface area contributed by atoms with Gasteiger partial charge in [0.2, 0.25) is 17.8 Å². The Hall–Kier alpha value is -2.43. The van der Waals surface area contributed by atoms with Gasteiger partial charge in [-0.05, 0) is 38.5 Å². The fraction of sp³-hybridized carbons (Fsp3) is 0.833. The summed E-state index contributed by atoms with van der Waals surface area (Å²) in [4.78, 5) is 21.1. The molecule has 4 heterocycles. The van der Waals surface area contributed by atoms with Crippen molar-refractivity contribution < 1.29 is 0 Å². The molecule has 3 aliphatic rings. The average molecular weight is 402 g/mol. The van der Waals surface area contributed by atoms with Crippen molar-refractivity contribution in [2.24, 2.45) is 16.0 Å². The van der Waals surface area contributed by atoms with Crippen molar-refractivity contribution in [1.82, 2.24) is 15.0 Å². The molecule has 3 aliphatic heterocycles. The number of hydrogen-bond donors (Lipinski definition) is 3. The van der Waals surface area contributed by atoms with Crippen molar-refractivity contribution in [3.63, 3.8) is 0 Å². The van der Waals surface area contributed by atoms with Gasteiger partial charge in [-0.15, -0.1) is 0 Å². The number of aromatic nitrogens is 3. The van der Waals surface area contributed by atoms with Crippen molar-refractivity contribution in [3.8, 4) is 0 Å². The van der Waals surface area contributed by atoms with Crippen molar-refractivity contribution in [1.29, 1.82) is 11.1 Å². The highest BCUT2D eigenvalue weighted by atomic mass is 15.4. The number of rotatable bonds is 5. The SMILES string of the molecule is N=NC1CCN(c2nc(N3CCC(N)CC3)nc(N3CCC(N=N)CC3)n2)CC1. The Morgan fingerprint density at radius 2 is 0.931 bits per heavy atom. The van der Waals surface area contributed by atoms with Crippen LogP contribution in [0, 0.1) is 11.1 Å². The Bertz CT molecular complexity index is 656. The van der Waals surface area contributed by atoms with Crippen LogP contribution in [0.3, 0.4) is 0 Å². The van der Waals surface area contributed by atoms with E-state index in [1.54, 1.807) is 0 Å². The Balaban J connectivity index is 1.57. The summed E-state index contributed by atoms with van der Waals surface area (Å²) >= 11 is 0. The van der Waals surface area contributed by atoms with E-state index in [1.807, 2.05) is 0 Å². The number of piperidine rings is 3. The summed E-state index contributed by atoms with van der Waals surface area (Å²) in [6, 6.07) is 0.485. The Labute approximate surface area is 171 Å². The van der Waals surface area contributed by atoms with E-state index in [2.05, 4.69) is 24.9 Å². The highest BCUT2D eigenvalue weighted by Crippen LogP contribution is 2.26. The van der Waals surface area contributed by atoms with E-state index in [-0.39, 0.29) is 18.1 Å². The molecule has 0 atom stereocenters. The monoisotopic (exact) mass is 401 g/mol. The molecule has 0 spiro atoms. The number of nitrogens with zero attached hydrogens (tertiary/aromatic N) is 8. The zero-order chi connectivity index (χ0) is 20.2. The molecule has 4 N–H and O–H groups in total. The van der Waals surface area contributed by atoms with Crippen LogP contribution in [0.1, 0.15) is 38.5 Å². The highest BCUT2D eigenvalue weighted by molar-refractivity contribution is 5.47. The molecule has 4 rings (SSSR count). The first kappa shape index (κ1) is 19.9. The normalized spacial score (nSPS) is 22.7. The largest absolute Gasteiger partial charge is 0.341 e. The number of nitrogens with two attached hydrogens (primary N) is 1. The van der Waals surface area contributed by atoms with E-state index in [0.717, 1.165) is 95.6 Å². The van der Waals surface area contributed by atoms with Crippen LogP contribution >= 0.6 is 0 Å². The maximum Gasteiger partial charge on any atom is 0.231 e. The molecule has 0 bridgehead atoms. The van der Waals surface area contributed by atoms with E-state index in [4.69, 9.17) is 31.7 Å². The van der Waals surface area contributed by atoms with Gasteiger partial charge in [-0.25, -0.2) is 11.1 Å². The van der Waals surface area contributed by atoms with Gasteiger partial charge >= 0.3 is 0 Å². The molecule has 11 nitrogen and oxygen atoms in total. The van der Waals surface area contributed by atoms with E-state index < -0.39 is 0 Å². The second-order valence-corrected chi connectivity index (χ2v) is 8.25. The summed E-state index contributed by atoms with van der Waals surface area (Å²) in [7, 11) is 0. The van der Waals surface area contributed by atoms with Gasteiger partial charge in [0.25, 0.3) is 0 Å². The van der Waals surface area contributed by atoms with Crippen LogP contribution in [0.2, 0.25) is 0 Å². The van der Waals surface area contributed by atoms with Crippen molar-refractivity contribution in [2.75, 3.05) is 54.0 Å². The second-order valence-electron chi connectivity index (χ2n) is 8.25. The first-order valence-electron chi connectivity index (χ1n) is 10.7. The van der Waals surface area contributed by atoms with Crippen molar-refractivity contribution >= 4 is 17.8 Å². The molecule has 0 radical (unpaired) electrons. The zero-order valence-electron chi connectivity index (χ0n) is 16.9. The van der Waals surface area contributed by atoms with Gasteiger partial charge < -0.3 is 20.4 Å². The lowest BCUT2D eigenvalue weighted by Gasteiger charge is -2.34. The van der Waals surface area contributed by atoms with E-state index in [1.165, 1.54) is 0 Å². The standard InChI is InChI=1S/C18H31N11/c19-13-1-7-27(8-2-13)16-22-17(28-9-3-14(25-20)4-10-28)24-18(23-16)29-11-5-15(26-21)6-12-29/h13-15,20-21H,1-12,19H2. The van der Waals surface area contributed by atoms with Crippen LogP contribution in [-0.2, 0) is 0 Å². The van der Waals surface area contributed by atoms with Gasteiger partial charge in [0, 0.05) is 45.3 Å². The summed E-state index contributed by atoms with van der Waals surface area (Å²) in [5.41, 5.74) is 20.6. The summed E-state index contributed by atoms with van der Waals surface area (Å²) in [5, 5.41) is 7.40. The lowest BCUT2D eigenvalue weighted by atomic mass is 10.1. The second kappa shape index (κ2) is 8.93. The van der Waals surface area contributed by atoms with Gasteiger partial charge in [-0.2, -0.15) is 25.2 Å². The summed E-state index contributed by atoms with van der Waals surface area (Å²) in [5.74, 6) is 2.17. The average Bonchev–Trinajstić information content (AvgIpc) is 2.79. The quantitative estimate of drug-likeness (QED) is 0.637. The van der Waals surface area contributed by atoms with Crippen LogP contribution < -0.4 is 20.4 Å². The topological polar surface area (TPSA) is 147 Å². The summed E-state index contributed by atoms with van der Waals surface area (Å²) in [6.45, 7) is 4.95. The van der Waals surface area contributed by atoms with Crippen LogP contribution in [0.25, 0.3) is 0 Å². The summed E-state index contributed by atoms with van der Waals surface area (Å²) < 4.78 is 0. The third kappa shape index (κ3) is 4.60.